The number of halogens is 1. The van der Waals surface area contributed by atoms with Crippen molar-refractivity contribution >= 4 is 11.4 Å². The van der Waals surface area contributed by atoms with Crippen LogP contribution in [0.3, 0.4) is 0 Å². The van der Waals surface area contributed by atoms with Crippen LogP contribution < -0.4 is 4.72 Å². The molecule has 0 radical (unpaired) electrons. The zero-order valence-corrected chi connectivity index (χ0v) is 8.40. The molecule has 0 spiro atoms. The van der Waals surface area contributed by atoms with Gasteiger partial charge >= 0.3 is 0 Å². The highest BCUT2D eigenvalue weighted by Gasteiger charge is 2.11. The Labute approximate surface area is 80.5 Å². The maximum atomic E-state index is 12.5. The van der Waals surface area contributed by atoms with Crippen LogP contribution in [-0.2, 0) is 11.4 Å². The summed E-state index contributed by atoms with van der Waals surface area (Å²) in [6, 6.07) is 5.78. The van der Waals surface area contributed by atoms with Gasteiger partial charge in [-0.25, -0.2) is 4.39 Å². The van der Waals surface area contributed by atoms with Gasteiger partial charge in [0, 0.05) is 6.04 Å². The lowest BCUT2D eigenvalue weighted by Crippen LogP contribution is -2.30. The van der Waals surface area contributed by atoms with E-state index in [-0.39, 0.29) is 11.9 Å². The molecule has 1 N–H and O–H groups in total. The first-order valence-corrected chi connectivity index (χ1v) is 5.18. The van der Waals surface area contributed by atoms with Crippen LogP contribution in [0, 0.1) is 5.82 Å². The molecule has 0 bridgehead atoms. The van der Waals surface area contributed by atoms with Gasteiger partial charge < -0.3 is 4.55 Å². The van der Waals surface area contributed by atoms with Crippen LogP contribution in [0.5, 0.6) is 0 Å². The fourth-order valence-corrected chi connectivity index (χ4v) is 1.79. The maximum absolute atomic E-state index is 12.5. The molecule has 0 aromatic heterocycles. The monoisotopic (exact) mass is 201 g/mol. The second-order valence-corrected chi connectivity index (χ2v) is 4.24. The summed E-state index contributed by atoms with van der Waals surface area (Å²) in [4.78, 5) is 0.593. The Morgan fingerprint density at radius 3 is 2.31 bits per heavy atom. The predicted octanol–water partition coefficient (Wildman–Crippen LogP) is 1.85. The van der Waals surface area contributed by atoms with E-state index in [0.717, 1.165) is 0 Å². The third-order valence-corrected chi connectivity index (χ3v) is 2.76. The summed E-state index contributed by atoms with van der Waals surface area (Å²) < 4.78 is 26.8. The predicted molar refractivity (Wildman–Crippen MR) is 51.1 cm³/mol. The van der Waals surface area contributed by atoms with Crippen LogP contribution in [0.25, 0.3) is 0 Å². The summed E-state index contributed by atoms with van der Waals surface area (Å²) in [7, 11) is 0. The molecular weight excluding hydrogens is 189 g/mol. The van der Waals surface area contributed by atoms with Crippen molar-refractivity contribution in [2.24, 2.45) is 0 Å². The summed E-state index contributed by atoms with van der Waals surface area (Å²) >= 11 is -1.24. The van der Waals surface area contributed by atoms with Crippen molar-refractivity contribution in [1.29, 1.82) is 0 Å². The molecule has 0 saturated carbocycles. The molecule has 0 amide bonds. The van der Waals surface area contributed by atoms with Crippen molar-refractivity contribution in [3.8, 4) is 0 Å². The molecule has 1 rings (SSSR count). The normalized spacial score (nSPS) is 13.3. The Morgan fingerprint density at radius 2 is 1.85 bits per heavy atom. The third-order valence-electron chi connectivity index (χ3n) is 1.37. The molecule has 72 valence electrons. The van der Waals surface area contributed by atoms with Gasteiger partial charge in [0.15, 0.2) is 4.90 Å². The number of hydrogen-bond donors (Lipinski definition) is 1. The molecule has 2 nitrogen and oxygen atoms in total. The van der Waals surface area contributed by atoms with Gasteiger partial charge in [0.1, 0.15) is 5.82 Å². The van der Waals surface area contributed by atoms with Gasteiger partial charge in [-0.15, -0.1) is 4.72 Å². The van der Waals surface area contributed by atoms with E-state index in [0.29, 0.717) is 4.90 Å². The minimum atomic E-state index is -1.24. The quantitative estimate of drug-likeness (QED) is 0.757. The topological polar surface area (TPSA) is 35.1 Å². The molecule has 1 aromatic rings. The lowest BCUT2D eigenvalue weighted by atomic mass is 10.4. The van der Waals surface area contributed by atoms with Crippen LogP contribution in [-0.4, -0.2) is 10.6 Å². The standard InChI is InChI=1S/C9H12FNOS/c1-7(2)11-13(12)9-5-3-8(10)4-6-9/h3-7,11H,1-2H3. The molecule has 0 aliphatic rings. The van der Waals surface area contributed by atoms with Gasteiger partial charge in [0.25, 0.3) is 0 Å². The maximum Gasteiger partial charge on any atom is 0.174 e. The van der Waals surface area contributed by atoms with Crippen LogP contribution >= 0.6 is 0 Å². The van der Waals surface area contributed by atoms with Crippen LogP contribution in [0.1, 0.15) is 13.8 Å². The van der Waals surface area contributed by atoms with Crippen LogP contribution in [0.2, 0.25) is 0 Å². The number of hydrogen-bond acceptors (Lipinski definition) is 2. The molecule has 1 aromatic carbocycles. The Bertz CT molecular complexity index is 263. The highest BCUT2D eigenvalue weighted by Crippen LogP contribution is 2.09. The Balaban J connectivity index is 2.66. The molecule has 1 unspecified atom stereocenters. The fraction of sp³-hybridized carbons (Fsp3) is 0.333. The van der Waals surface area contributed by atoms with E-state index in [1.54, 1.807) is 0 Å². The first-order valence-electron chi connectivity index (χ1n) is 4.03. The highest BCUT2D eigenvalue weighted by atomic mass is 32.2. The molecule has 0 fully saturated rings. The van der Waals surface area contributed by atoms with E-state index in [2.05, 4.69) is 4.72 Å². The molecular formula is C9H12FNOS. The molecule has 0 saturated heterocycles. The summed E-state index contributed by atoms with van der Waals surface area (Å²) in [5.41, 5.74) is 0. The number of benzene rings is 1. The Hall–Kier alpha value is -0.580. The van der Waals surface area contributed by atoms with Crippen molar-refractivity contribution in [2.75, 3.05) is 0 Å². The second-order valence-electron chi connectivity index (χ2n) is 3.00. The fourth-order valence-electron chi connectivity index (χ4n) is 0.840. The molecule has 1 atom stereocenters. The average Bonchev–Trinajstić information content (AvgIpc) is 2.04. The molecule has 0 aliphatic carbocycles. The second kappa shape index (κ2) is 4.60. The van der Waals surface area contributed by atoms with Gasteiger partial charge in [-0.3, -0.25) is 0 Å². The zero-order valence-electron chi connectivity index (χ0n) is 7.58. The lowest BCUT2D eigenvalue weighted by molar-refractivity contribution is 0.568. The average molecular weight is 201 g/mol. The van der Waals surface area contributed by atoms with Gasteiger partial charge in [0.2, 0.25) is 0 Å². The summed E-state index contributed by atoms with van der Waals surface area (Å²) in [5, 5.41) is 0. The highest BCUT2D eigenvalue weighted by molar-refractivity contribution is 7.89. The zero-order chi connectivity index (χ0) is 9.84. The smallest absolute Gasteiger partial charge is 0.174 e. The van der Waals surface area contributed by atoms with Crippen molar-refractivity contribution < 1.29 is 8.94 Å². The summed E-state index contributed by atoms with van der Waals surface area (Å²) in [5.74, 6) is -0.315. The van der Waals surface area contributed by atoms with Crippen LogP contribution in [0.4, 0.5) is 4.39 Å². The van der Waals surface area contributed by atoms with Gasteiger partial charge in [-0.05, 0) is 38.1 Å². The molecule has 4 heteroatoms. The van der Waals surface area contributed by atoms with Gasteiger partial charge in [0.05, 0.1) is 11.4 Å². The van der Waals surface area contributed by atoms with E-state index in [4.69, 9.17) is 0 Å². The minimum Gasteiger partial charge on any atom is -0.593 e. The van der Waals surface area contributed by atoms with E-state index < -0.39 is 11.4 Å². The Kier molecular flexibility index (Phi) is 3.71. The van der Waals surface area contributed by atoms with Crippen LogP contribution in [0.15, 0.2) is 29.2 Å². The summed E-state index contributed by atoms with van der Waals surface area (Å²) in [6.45, 7) is 3.81. The van der Waals surface area contributed by atoms with E-state index in [9.17, 15) is 8.94 Å². The van der Waals surface area contributed by atoms with E-state index in [1.165, 1.54) is 24.3 Å². The lowest BCUT2D eigenvalue weighted by Gasteiger charge is -2.12. The van der Waals surface area contributed by atoms with Gasteiger partial charge in [-0.2, -0.15) is 0 Å². The van der Waals surface area contributed by atoms with Crippen molar-refractivity contribution in [2.45, 2.75) is 24.8 Å². The first-order chi connectivity index (χ1) is 6.09. The third kappa shape index (κ3) is 3.34. The molecule has 0 heterocycles. The van der Waals surface area contributed by atoms with Crippen molar-refractivity contribution in [3.05, 3.63) is 30.1 Å². The number of rotatable bonds is 3. The minimum absolute atomic E-state index is 0.144. The van der Waals surface area contributed by atoms with E-state index in [1.807, 2.05) is 13.8 Å². The van der Waals surface area contributed by atoms with Gasteiger partial charge in [-0.1, -0.05) is 0 Å². The largest absolute Gasteiger partial charge is 0.593 e. The molecule has 13 heavy (non-hydrogen) atoms. The Morgan fingerprint density at radius 1 is 1.31 bits per heavy atom. The summed E-state index contributed by atoms with van der Waals surface area (Å²) in [6.07, 6.45) is 0. The first kappa shape index (κ1) is 10.5. The van der Waals surface area contributed by atoms with Crippen molar-refractivity contribution in [1.82, 2.24) is 4.72 Å². The molecule has 0 aliphatic heterocycles. The van der Waals surface area contributed by atoms with Crippen molar-refractivity contribution in [3.63, 3.8) is 0 Å². The SMILES string of the molecule is CC(C)N[S+]([O-])c1ccc(F)cc1. The number of nitrogens with one attached hydrogen (secondary N) is 1. The van der Waals surface area contributed by atoms with E-state index >= 15 is 0 Å².